The van der Waals surface area contributed by atoms with Gasteiger partial charge in [-0.15, -0.1) is 0 Å². The van der Waals surface area contributed by atoms with Gasteiger partial charge in [-0.2, -0.15) is 5.10 Å². The van der Waals surface area contributed by atoms with Gasteiger partial charge in [0.2, 0.25) is 0 Å². The Kier molecular flexibility index (Phi) is 6.01. The lowest BCUT2D eigenvalue weighted by Gasteiger charge is -2.09. The molecule has 0 saturated heterocycles. The van der Waals surface area contributed by atoms with Crippen LogP contribution in [-0.4, -0.2) is 28.8 Å². The van der Waals surface area contributed by atoms with Crippen molar-refractivity contribution in [3.05, 3.63) is 81.1 Å². The summed E-state index contributed by atoms with van der Waals surface area (Å²) in [6.07, 6.45) is 1.09. The molecule has 0 radical (unpaired) electrons. The third-order valence-corrected chi connectivity index (χ3v) is 3.90. The summed E-state index contributed by atoms with van der Waals surface area (Å²) >= 11 is 0. The Morgan fingerprint density at radius 2 is 1.89 bits per heavy atom. The molecule has 0 aliphatic carbocycles. The number of benzene rings is 1. The number of aromatic nitrogens is 2. The molecule has 8 nitrogen and oxygen atoms in total. The van der Waals surface area contributed by atoms with Crippen molar-refractivity contribution < 1.29 is 13.9 Å². The lowest BCUT2D eigenvalue weighted by Crippen LogP contribution is -2.32. The zero-order valence-corrected chi connectivity index (χ0v) is 15.3. The van der Waals surface area contributed by atoms with Gasteiger partial charge >= 0.3 is 5.63 Å². The van der Waals surface area contributed by atoms with E-state index in [4.69, 9.17) is 4.74 Å². The molecule has 3 aromatic rings. The SMILES string of the molecule is CCOc1ccc(-c2ccc(=O)n(CCNC(=O)c3ccc(=O)oc3)n2)cc1. The van der Waals surface area contributed by atoms with E-state index >= 15 is 0 Å². The van der Waals surface area contributed by atoms with Crippen molar-refractivity contribution in [1.29, 1.82) is 0 Å². The van der Waals surface area contributed by atoms with Crippen LogP contribution < -0.4 is 21.2 Å². The van der Waals surface area contributed by atoms with Crippen LogP contribution in [0.25, 0.3) is 11.3 Å². The van der Waals surface area contributed by atoms with Gasteiger partial charge in [0.1, 0.15) is 12.0 Å². The van der Waals surface area contributed by atoms with Gasteiger partial charge < -0.3 is 14.5 Å². The zero-order chi connectivity index (χ0) is 19.9. The number of ether oxygens (including phenoxy) is 1. The van der Waals surface area contributed by atoms with Gasteiger partial charge in [0.05, 0.1) is 24.4 Å². The maximum Gasteiger partial charge on any atom is 0.335 e. The number of nitrogens with zero attached hydrogens (tertiary/aromatic N) is 2. The van der Waals surface area contributed by atoms with E-state index in [2.05, 4.69) is 14.8 Å². The van der Waals surface area contributed by atoms with Crippen LogP contribution in [-0.2, 0) is 6.54 Å². The number of carbonyl (C=O) groups excluding carboxylic acids is 1. The average molecular weight is 381 g/mol. The molecule has 0 saturated carbocycles. The topological polar surface area (TPSA) is 103 Å². The summed E-state index contributed by atoms with van der Waals surface area (Å²) in [5, 5.41) is 7.01. The molecule has 2 heterocycles. The van der Waals surface area contributed by atoms with Gasteiger partial charge in [-0.1, -0.05) is 0 Å². The van der Waals surface area contributed by atoms with Gasteiger partial charge in [-0.3, -0.25) is 9.59 Å². The highest BCUT2D eigenvalue weighted by Gasteiger charge is 2.07. The molecule has 2 aromatic heterocycles. The highest BCUT2D eigenvalue weighted by Crippen LogP contribution is 2.19. The number of rotatable bonds is 7. The Labute approximate surface area is 160 Å². The molecule has 1 amide bonds. The van der Waals surface area contributed by atoms with Gasteiger partial charge in [0.15, 0.2) is 0 Å². The minimum absolute atomic E-state index is 0.192. The number of nitrogens with one attached hydrogen (secondary N) is 1. The van der Waals surface area contributed by atoms with E-state index in [9.17, 15) is 14.4 Å². The van der Waals surface area contributed by atoms with Gasteiger partial charge in [-0.05, 0) is 43.3 Å². The van der Waals surface area contributed by atoms with Crippen molar-refractivity contribution >= 4 is 5.91 Å². The number of amides is 1. The van der Waals surface area contributed by atoms with Crippen molar-refractivity contribution in [3.8, 4) is 17.0 Å². The second-order valence-electron chi connectivity index (χ2n) is 5.84. The third-order valence-electron chi connectivity index (χ3n) is 3.90. The van der Waals surface area contributed by atoms with E-state index in [-0.39, 0.29) is 24.2 Å². The summed E-state index contributed by atoms with van der Waals surface area (Å²) < 4.78 is 11.4. The Bertz CT molecular complexity index is 1050. The normalized spacial score (nSPS) is 10.5. The second-order valence-corrected chi connectivity index (χ2v) is 5.84. The van der Waals surface area contributed by atoms with E-state index in [1.54, 1.807) is 6.07 Å². The monoisotopic (exact) mass is 381 g/mol. The molecule has 1 N–H and O–H groups in total. The fourth-order valence-electron chi connectivity index (χ4n) is 2.52. The molecule has 8 heteroatoms. The minimum atomic E-state index is -0.529. The molecule has 0 aliphatic heterocycles. The molecular formula is C20H19N3O5. The minimum Gasteiger partial charge on any atom is -0.494 e. The number of hydrogen-bond acceptors (Lipinski definition) is 6. The molecule has 1 aromatic carbocycles. The zero-order valence-electron chi connectivity index (χ0n) is 15.3. The molecule has 0 aliphatic rings. The van der Waals surface area contributed by atoms with E-state index in [0.717, 1.165) is 17.6 Å². The van der Waals surface area contributed by atoms with Crippen LogP contribution in [0.5, 0.6) is 5.75 Å². The summed E-state index contributed by atoms with van der Waals surface area (Å²) in [5.41, 5.74) is 0.912. The summed E-state index contributed by atoms with van der Waals surface area (Å²) in [6, 6.07) is 13.0. The molecular weight excluding hydrogens is 362 g/mol. The predicted molar refractivity (Wildman–Crippen MR) is 102 cm³/mol. The summed E-state index contributed by atoms with van der Waals surface area (Å²) in [5.74, 6) is 0.360. The molecule has 28 heavy (non-hydrogen) atoms. The van der Waals surface area contributed by atoms with E-state index < -0.39 is 11.5 Å². The Hall–Kier alpha value is -3.68. The third kappa shape index (κ3) is 4.73. The smallest absolute Gasteiger partial charge is 0.335 e. The summed E-state index contributed by atoms with van der Waals surface area (Å²) in [4.78, 5) is 35.0. The van der Waals surface area contributed by atoms with Crippen LogP contribution in [0.15, 0.2) is 68.8 Å². The first-order valence-corrected chi connectivity index (χ1v) is 8.75. The molecule has 3 rings (SSSR count). The summed E-state index contributed by atoms with van der Waals surface area (Å²) in [7, 11) is 0. The van der Waals surface area contributed by atoms with Crippen LogP contribution in [0.4, 0.5) is 0 Å². The van der Waals surface area contributed by atoms with Crippen LogP contribution in [0.2, 0.25) is 0 Å². The van der Waals surface area contributed by atoms with E-state index in [0.29, 0.717) is 12.3 Å². The van der Waals surface area contributed by atoms with Crippen molar-refractivity contribution in [2.45, 2.75) is 13.5 Å². The summed E-state index contributed by atoms with van der Waals surface area (Å²) in [6.45, 7) is 2.89. The second kappa shape index (κ2) is 8.81. The fourth-order valence-corrected chi connectivity index (χ4v) is 2.52. The lowest BCUT2D eigenvalue weighted by atomic mass is 10.1. The maximum atomic E-state index is 12.0. The highest BCUT2D eigenvalue weighted by atomic mass is 16.5. The first kappa shape index (κ1) is 19.1. The van der Waals surface area contributed by atoms with Crippen LogP contribution in [0, 0.1) is 0 Å². The quantitative estimate of drug-likeness (QED) is 0.668. The van der Waals surface area contributed by atoms with Gasteiger partial charge in [-0.25, -0.2) is 9.48 Å². The van der Waals surface area contributed by atoms with Crippen molar-refractivity contribution in [1.82, 2.24) is 15.1 Å². The van der Waals surface area contributed by atoms with Crippen molar-refractivity contribution in [2.75, 3.05) is 13.2 Å². The number of carbonyl (C=O) groups is 1. The molecule has 0 spiro atoms. The standard InChI is InChI=1S/C20H19N3O5/c1-2-27-16-6-3-14(4-7-16)17-8-9-18(24)23(22-17)12-11-21-20(26)15-5-10-19(25)28-13-15/h3-10,13H,2,11-12H2,1H3,(H,21,26). The molecule has 0 bridgehead atoms. The first-order valence-electron chi connectivity index (χ1n) is 8.75. The van der Waals surface area contributed by atoms with Crippen molar-refractivity contribution in [2.24, 2.45) is 0 Å². The largest absolute Gasteiger partial charge is 0.494 e. The van der Waals surface area contributed by atoms with E-state index in [1.807, 2.05) is 31.2 Å². The van der Waals surface area contributed by atoms with Gasteiger partial charge in [0, 0.05) is 24.2 Å². The van der Waals surface area contributed by atoms with Gasteiger partial charge in [0.25, 0.3) is 11.5 Å². The van der Waals surface area contributed by atoms with Crippen LogP contribution >= 0.6 is 0 Å². The fraction of sp³-hybridized carbons (Fsp3) is 0.200. The Morgan fingerprint density at radius 1 is 1.11 bits per heavy atom. The first-order chi connectivity index (χ1) is 13.6. The predicted octanol–water partition coefficient (Wildman–Crippen LogP) is 1.69. The Balaban J connectivity index is 1.66. The molecule has 0 fully saturated rings. The molecule has 144 valence electrons. The van der Waals surface area contributed by atoms with Crippen LogP contribution in [0.3, 0.4) is 0 Å². The van der Waals surface area contributed by atoms with E-state index in [1.165, 1.54) is 22.9 Å². The average Bonchev–Trinajstić information content (AvgIpc) is 2.71. The Morgan fingerprint density at radius 3 is 2.57 bits per heavy atom. The molecule has 0 unspecified atom stereocenters. The molecule has 0 atom stereocenters. The maximum absolute atomic E-state index is 12.0. The number of hydrogen-bond donors (Lipinski definition) is 1. The highest BCUT2D eigenvalue weighted by molar-refractivity contribution is 5.93. The van der Waals surface area contributed by atoms with Crippen LogP contribution in [0.1, 0.15) is 17.3 Å². The lowest BCUT2D eigenvalue weighted by molar-refractivity contribution is 0.0949. The van der Waals surface area contributed by atoms with Crippen molar-refractivity contribution in [3.63, 3.8) is 0 Å².